The standard InChI is InChI=1S/C15H16F4N2/c16-13-8-11(7-12(9-13)15(17,18)19)14(10-20)21-5-3-1-2-4-6-21/h7-9,14H,1-6H2. The van der Waals surface area contributed by atoms with Crippen molar-refractivity contribution in [3.05, 3.63) is 35.1 Å². The Kier molecular flexibility index (Phi) is 4.84. The summed E-state index contributed by atoms with van der Waals surface area (Å²) in [6.45, 7) is 1.30. The zero-order valence-electron chi connectivity index (χ0n) is 11.5. The van der Waals surface area contributed by atoms with Gasteiger partial charge in [0.25, 0.3) is 0 Å². The zero-order chi connectivity index (χ0) is 15.5. The van der Waals surface area contributed by atoms with E-state index in [1.165, 1.54) is 0 Å². The molecule has 1 saturated heterocycles. The van der Waals surface area contributed by atoms with Crippen LogP contribution >= 0.6 is 0 Å². The van der Waals surface area contributed by atoms with Gasteiger partial charge in [0.1, 0.15) is 11.9 Å². The van der Waals surface area contributed by atoms with Crippen molar-refractivity contribution in [1.82, 2.24) is 4.90 Å². The number of hydrogen-bond donors (Lipinski definition) is 0. The number of benzene rings is 1. The molecule has 1 atom stereocenters. The molecule has 2 nitrogen and oxygen atoms in total. The SMILES string of the molecule is N#CC(c1cc(F)cc(C(F)(F)F)c1)N1CCCCCC1. The van der Waals surface area contributed by atoms with Crippen molar-refractivity contribution in [2.75, 3.05) is 13.1 Å². The molecule has 0 aliphatic carbocycles. The van der Waals surface area contributed by atoms with E-state index in [4.69, 9.17) is 0 Å². The molecule has 1 aliphatic rings. The summed E-state index contributed by atoms with van der Waals surface area (Å²) in [5.41, 5.74) is -0.973. The van der Waals surface area contributed by atoms with Crippen molar-refractivity contribution in [2.45, 2.75) is 37.9 Å². The van der Waals surface area contributed by atoms with Crippen molar-refractivity contribution < 1.29 is 17.6 Å². The van der Waals surface area contributed by atoms with Crippen LogP contribution in [-0.2, 0) is 6.18 Å². The number of rotatable bonds is 2. The number of likely N-dealkylation sites (tertiary alicyclic amines) is 1. The van der Waals surface area contributed by atoms with Crippen LogP contribution < -0.4 is 0 Å². The van der Waals surface area contributed by atoms with Gasteiger partial charge in [0, 0.05) is 0 Å². The summed E-state index contributed by atoms with van der Waals surface area (Å²) in [6.07, 6.45) is -0.716. The number of nitriles is 1. The van der Waals surface area contributed by atoms with E-state index in [1.807, 2.05) is 11.0 Å². The van der Waals surface area contributed by atoms with E-state index >= 15 is 0 Å². The van der Waals surface area contributed by atoms with Crippen LogP contribution in [0.1, 0.15) is 42.9 Å². The predicted molar refractivity (Wildman–Crippen MR) is 69.8 cm³/mol. The van der Waals surface area contributed by atoms with Crippen molar-refractivity contribution in [1.29, 1.82) is 5.26 Å². The van der Waals surface area contributed by atoms with Crippen LogP contribution in [-0.4, -0.2) is 18.0 Å². The molecule has 114 valence electrons. The third kappa shape index (κ3) is 3.94. The smallest absolute Gasteiger partial charge is 0.284 e. The molecule has 0 N–H and O–H groups in total. The van der Waals surface area contributed by atoms with E-state index in [9.17, 15) is 22.8 Å². The maximum atomic E-state index is 13.5. The minimum absolute atomic E-state index is 0.0757. The van der Waals surface area contributed by atoms with Gasteiger partial charge in [-0.1, -0.05) is 12.8 Å². The van der Waals surface area contributed by atoms with E-state index in [2.05, 4.69) is 0 Å². The van der Waals surface area contributed by atoms with Gasteiger partial charge >= 0.3 is 6.18 Å². The Labute approximate surface area is 121 Å². The molecule has 1 unspecified atom stereocenters. The quantitative estimate of drug-likeness (QED) is 0.762. The monoisotopic (exact) mass is 300 g/mol. The lowest BCUT2D eigenvalue weighted by Crippen LogP contribution is -2.29. The molecule has 1 aromatic carbocycles. The fraction of sp³-hybridized carbons (Fsp3) is 0.533. The largest absolute Gasteiger partial charge is 0.416 e. The highest BCUT2D eigenvalue weighted by Gasteiger charge is 2.33. The number of hydrogen-bond acceptors (Lipinski definition) is 2. The number of nitrogens with zero attached hydrogens (tertiary/aromatic N) is 2. The zero-order valence-corrected chi connectivity index (χ0v) is 11.5. The fourth-order valence-corrected chi connectivity index (χ4v) is 2.65. The molecule has 1 fully saturated rings. The van der Waals surface area contributed by atoms with Gasteiger partial charge in [0.05, 0.1) is 11.6 Å². The third-order valence-corrected chi connectivity index (χ3v) is 3.69. The molecular weight excluding hydrogens is 284 g/mol. The summed E-state index contributed by atoms with van der Waals surface area (Å²) >= 11 is 0. The lowest BCUT2D eigenvalue weighted by molar-refractivity contribution is -0.137. The van der Waals surface area contributed by atoms with Crippen molar-refractivity contribution >= 4 is 0 Å². The Morgan fingerprint density at radius 3 is 2.19 bits per heavy atom. The van der Waals surface area contributed by atoms with Gasteiger partial charge < -0.3 is 0 Å². The average Bonchev–Trinajstić information content (AvgIpc) is 2.67. The predicted octanol–water partition coefficient (Wildman–Crippen LogP) is 4.29. The Balaban J connectivity index is 2.33. The maximum absolute atomic E-state index is 13.5. The molecule has 0 bridgehead atoms. The van der Waals surface area contributed by atoms with Crippen LogP contribution in [0.15, 0.2) is 18.2 Å². The van der Waals surface area contributed by atoms with Gasteiger partial charge in [-0.25, -0.2) is 4.39 Å². The van der Waals surface area contributed by atoms with E-state index < -0.39 is 23.6 Å². The minimum Gasteiger partial charge on any atom is -0.284 e. The van der Waals surface area contributed by atoms with Gasteiger partial charge in [0.15, 0.2) is 0 Å². The molecule has 6 heteroatoms. The van der Waals surface area contributed by atoms with E-state index in [1.54, 1.807) is 0 Å². The van der Waals surface area contributed by atoms with Crippen LogP contribution in [0.2, 0.25) is 0 Å². The van der Waals surface area contributed by atoms with E-state index in [0.717, 1.165) is 37.8 Å². The lowest BCUT2D eigenvalue weighted by atomic mass is 10.0. The van der Waals surface area contributed by atoms with Gasteiger partial charge in [-0.05, 0) is 49.7 Å². The summed E-state index contributed by atoms with van der Waals surface area (Å²) in [5.74, 6) is -0.963. The summed E-state index contributed by atoms with van der Waals surface area (Å²) in [7, 11) is 0. The maximum Gasteiger partial charge on any atom is 0.416 e. The van der Waals surface area contributed by atoms with Crippen molar-refractivity contribution in [3.8, 4) is 6.07 Å². The molecule has 1 aromatic rings. The second-order valence-corrected chi connectivity index (χ2v) is 5.25. The first kappa shape index (κ1) is 15.8. The number of alkyl halides is 3. The molecule has 0 saturated carbocycles. The summed E-state index contributed by atoms with van der Waals surface area (Å²) in [5, 5.41) is 9.31. The first-order chi connectivity index (χ1) is 9.91. The van der Waals surface area contributed by atoms with Crippen molar-refractivity contribution in [3.63, 3.8) is 0 Å². The number of halogens is 4. The second kappa shape index (κ2) is 6.44. The third-order valence-electron chi connectivity index (χ3n) is 3.69. The average molecular weight is 300 g/mol. The van der Waals surface area contributed by atoms with Crippen LogP contribution in [0.3, 0.4) is 0 Å². The minimum atomic E-state index is -4.62. The van der Waals surface area contributed by atoms with Gasteiger partial charge in [-0.2, -0.15) is 18.4 Å². The first-order valence-corrected chi connectivity index (χ1v) is 6.93. The molecular formula is C15H16F4N2. The molecule has 0 radical (unpaired) electrons. The normalized spacial score (nSPS) is 18.8. The fourth-order valence-electron chi connectivity index (χ4n) is 2.65. The molecule has 21 heavy (non-hydrogen) atoms. The lowest BCUT2D eigenvalue weighted by Gasteiger charge is -2.26. The Morgan fingerprint density at radius 2 is 1.67 bits per heavy atom. The highest BCUT2D eigenvalue weighted by Crippen LogP contribution is 2.33. The molecule has 1 heterocycles. The Hall–Kier alpha value is -1.61. The summed E-state index contributed by atoms with van der Waals surface area (Å²) < 4.78 is 51.8. The van der Waals surface area contributed by atoms with Gasteiger partial charge in [-0.15, -0.1) is 0 Å². The molecule has 0 aromatic heterocycles. The van der Waals surface area contributed by atoms with Crippen LogP contribution in [0, 0.1) is 17.1 Å². The van der Waals surface area contributed by atoms with Gasteiger partial charge in [0.2, 0.25) is 0 Å². The summed E-state index contributed by atoms with van der Waals surface area (Å²) in [6, 6.07) is 3.54. The van der Waals surface area contributed by atoms with Crippen LogP contribution in [0.4, 0.5) is 17.6 Å². The molecule has 0 amide bonds. The topological polar surface area (TPSA) is 27.0 Å². The molecule has 2 rings (SSSR count). The van der Waals surface area contributed by atoms with E-state index in [-0.39, 0.29) is 5.56 Å². The van der Waals surface area contributed by atoms with Gasteiger partial charge in [-0.3, -0.25) is 4.90 Å². The molecule has 1 aliphatic heterocycles. The van der Waals surface area contributed by atoms with Crippen molar-refractivity contribution in [2.24, 2.45) is 0 Å². The molecule has 0 spiro atoms. The Bertz CT molecular complexity index is 525. The van der Waals surface area contributed by atoms with E-state index in [0.29, 0.717) is 19.2 Å². The Morgan fingerprint density at radius 1 is 1.05 bits per heavy atom. The summed E-state index contributed by atoms with van der Waals surface area (Å²) in [4.78, 5) is 1.84. The second-order valence-electron chi connectivity index (χ2n) is 5.25. The highest BCUT2D eigenvalue weighted by molar-refractivity contribution is 5.32. The van der Waals surface area contributed by atoms with Crippen LogP contribution in [0.5, 0.6) is 0 Å². The highest BCUT2D eigenvalue weighted by atomic mass is 19.4. The first-order valence-electron chi connectivity index (χ1n) is 6.93. The van der Waals surface area contributed by atoms with Crippen LogP contribution in [0.25, 0.3) is 0 Å².